The van der Waals surface area contributed by atoms with Crippen LogP contribution in [0, 0.1) is 5.92 Å². The third kappa shape index (κ3) is 2.09. The molecular weight excluding hydrogens is 264 g/mol. The SMILES string of the molecule is CC1(C)OC2[C@@H](O1)[C@@H](CO)C[C@H]2n1cnc(N)nc1=O. The molecule has 110 valence electrons. The predicted octanol–water partition coefficient (Wildman–Crippen LogP) is -0.706. The van der Waals surface area contributed by atoms with Gasteiger partial charge in [-0.15, -0.1) is 0 Å². The number of nitrogen functional groups attached to an aromatic ring is 1. The highest BCUT2D eigenvalue weighted by Gasteiger charge is 2.54. The van der Waals surface area contributed by atoms with Crippen molar-refractivity contribution in [3.8, 4) is 0 Å². The zero-order valence-electron chi connectivity index (χ0n) is 11.4. The molecule has 2 fully saturated rings. The number of ether oxygens (including phenoxy) is 2. The molecule has 0 radical (unpaired) electrons. The maximum absolute atomic E-state index is 11.9. The van der Waals surface area contributed by atoms with Crippen molar-refractivity contribution in [1.82, 2.24) is 14.5 Å². The summed E-state index contributed by atoms with van der Waals surface area (Å²) in [6, 6.07) is -0.257. The van der Waals surface area contributed by atoms with Crippen molar-refractivity contribution in [2.45, 2.75) is 44.3 Å². The fourth-order valence-electron chi connectivity index (χ4n) is 3.09. The van der Waals surface area contributed by atoms with Crippen LogP contribution in [0.2, 0.25) is 0 Å². The molecular formula is C12H18N4O4. The van der Waals surface area contributed by atoms with Gasteiger partial charge in [-0.1, -0.05) is 0 Å². The molecule has 8 nitrogen and oxygen atoms in total. The van der Waals surface area contributed by atoms with Gasteiger partial charge in [0.2, 0.25) is 5.95 Å². The number of fused-ring (bicyclic) bond motifs is 1. The second-order valence-corrected chi connectivity index (χ2v) is 5.71. The summed E-state index contributed by atoms with van der Waals surface area (Å²) in [5.41, 5.74) is 4.93. The molecule has 1 aromatic heterocycles. The maximum Gasteiger partial charge on any atom is 0.352 e. The second kappa shape index (κ2) is 4.51. The summed E-state index contributed by atoms with van der Waals surface area (Å²) < 4.78 is 13.1. The first-order chi connectivity index (χ1) is 9.41. The van der Waals surface area contributed by atoms with E-state index in [0.717, 1.165) is 0 Å². The Hall–Kier alpha value is -1.51. The van der Waals surface area contributed by atoms with Crippen LogP contribution in [0.4, 0.5) is 5.95 Å². The summed E-state index contributed by atoms with van der Waals surface area (Å²) in [6.45, 7) is 3.62. The van der Waals surface area contributed by atoms with Crippen molar-refractivity contribution in [2.24, 2.45) is 5.92 Å². The highest BCUT2D eigenvalue weighted by atomic mass is 16.8. The molecule has 0 amide bonds. The number of hydrogen-bond acceptors (Lipinski definition) is 7. The van der Waals surface area contributed by atoms with Crippen LogP contribution in [0.1, 0.15) is 26.3 Å². The lowest BCUT2D eigenvalue weighted by molar-refractivity contribution is -0.161. The average Bonchev–Trinajstić information content (AvgIpc) is 2.83. The van der Waals surface area contributed by atoms with Gasteiger partial charge in [0, 0.05) is 12.5 Å². The van der Waals surface area contributed by atoms with Crippen molar-refractivity contribution in [3.05, 3.63) is 16.8 Å². The van der Waals surface area contributed by atoms with Crippen molar-refractivity contribution < 1.29 is 14.6 Å². The van der Waals surface area contributed by atoms with Crippen LogP contribution in [0.15, 0.2) is 11.1 Å². The van der Waals surface area contributed by atoms with Crippen LogP contribution in [-0.2, 0) is 9.47 Å². The van der Waals surface area contributed by atoms with Gasteiger partial charge in [-0.25, -0.2) is 9.78 Å². The first-order valence-corrected chi connectivity index (χ1v) is 6.58. The summed E-state index contributed by atoms with van der Waals surface area (Å²) in [7, 11) is 0. The monoisotopic (exact) mass is 282 g/mol. The molecule has 1 saturated carbocycles. The van der Waals surface area contributed by atoms with E-state index in [1.165, 1.54) is 10.9 Å². The Morgan fingerprint density at radius 3 is 2.85 bits per heavy atom. The lowest BCUT2D eigenvalue weighted by Gasteiger charge is -2.23. The maximum atomic E-state index is 11.9. The fraction of sp³-hybridized carbons (Fsp3) is 0.750. The molecule has 0 spiro atoms. The van der Waals surface area contributed by atoms with E-state index in [1.54, 1.807) is 0 Å². The number of aliphatic hydroxyl groups is 1. The van der Waals surface area contributed by atoms with Gasteiger partial charge in [0.15, 0.2) is 5.79 Å². The Morgan fingerprint density at radius 2 is 2.20 bits per heavy atom. The van der Waals surface area contributed by atoms with Crippen molar-refractivity contribution >= 4 is 5.95 Å². The number of nitrogens with two attached hydrogens (primary N) is 1. The van der Waals surface area contributed by atoms with E-state index in [0.29, 0.717) is 6.42 Å². The average molecular weight is 282 g/mol. The van der Waals surface area contributed by atoms with E-state index in [4.69, 9.17) is 15.2 Å². The number of aromatic nitrogens is 3. The summed E-state index contributed by atoms with van der Waals surface area (Å²) in [5.74, 6) is -0.848. The van der Waals surface area contributed by atoms with Crippen molar-refractivity contribution in [2.75, 3.05) is 12.3 Å². The highest BCUT2D eigenvalue weighted by Crippen LogP contribution is 2.46. The largest absolute Gasteiger partial charge is 0.396 e. The van der Waals surface area contributed by atoms with E-state index in [2.05, 4.69) is 9.97 Å². The first kappa shape index (κ1) is 13.5. The van der Waals surface area contributed by atoms with Crippen molar-refractivity contribution in [3.63, 3.8) is 0 Å². The number of anilines is 1. The third-order valence-electron chi connectivity index (χ3n) is 3.89. The van der Waals surface area contributed by atoms with E-state index >= 15 is 0 Å². The second-order valence-electron chi connectivity index (χ2n) is 5.71. The molecule has 3 N–H and O–H groups in total. The first-order valence-electron chi connectivity index (χ1n) is 6.58. The molecule has 0 aromatic carbocycles. The Labute approximate surface area is 115 Å². The van der Waals surface area contributed by atoms with Crippen LogP contribution in [0.5, 0.6) is 0 Å². The van der Waals surface area contributed by atoms with Crippen LogP contribution >= 0.6 is 0 Å². The molecule has 1 aliphatic heterocycles. The summed E-state index contributed by atoms with van der Waals surface area (Å²) >= 11 is 0. The Balaban J connectivity index is 1.96. The molecule has 8 heteroatoms. The van der Waals surface area contributed by atoms with Gasteiger partial charge < -0.3 is 20.3 Å². The standard InChI is InChI=1S/C12H18N4O4/c1-12(2)19-8-6(4-17)3-7(9(8)20-12)16-5-14-10(13)15-11(16)18/h5-9,17H,3-4H2,1-2H3,(H2,13,15,18)/t6-,7-,8+,9?/m1/s1. The third-order valence-corrected chi connectivity index (χ3v) is 3.89. The van der Waals surface area contributed by atoms with Gasteiger partial charge in [-0.2, -0.15) is 4.98 Å². The number of hydrogen-bond donors (Lipinski definition) is 2. The molecule has 4 atom stereocenters. The van der Waals surface area contributed by atoms with Gasteiger partial charge in [0.05, 0.1) is 12.1 Å². The molecule has 1 saturated heterocycles. The zero-order chi connectivity index (χ0) is 14.5. The van der Waals surface area contributed by atoms with E-state index < -0.39 is 11.5 Å². The Kier molecular flexibility index (Phi) is 3.03. The minimum Gasteiger partial charge on any atom is -0.396 e. The lowest BCUT2D eigenvalue weighted by atomic mass is 10.1. The normalized spacial score (nSPS) is 35.1. The number of aliphatic hydroxyl groups excluding tert-OH is 1. The van der Waals surface area contributed by atoms with Crippen molar-refractivity contribution in [1.29, 1.82) is 0 Å². The van der Waals surface area contributed by atoms with Gasteiger partial charge >= 0.3 is 5.69 Å². The van der Waals surface area contributed by atoms with Crippen LogP contribution in [0.25, 0.3) is 0 Å². The van der Waals surface area contributed by atoms with Gasteiger partial charge in [-0.05, 0) is 20.3 Å². The molecule has 1 aromatic rings. The number of nitrogens with zero attached hydrogens (tertiary/aromatic N) is 3. The molecule has 2 heterocycles. The minimum absolute atomic E-state index is 0.0122. The Morgan fingerprint density at radius 1 is 1.50 bits per heavy atom. The van der Waals surface area contributed by atoms with Crippen LogP contribution < -0.4 is 11.4 Å². The summed E-state index contributed by atoms with van der Waals surface area (Å²) in [6.07, 6.45) is 1.42. The van der Waals surface area contributed by atoms with Crippen LogP contribution in [0.3, 0.4) is 0 Å². The quantitative estimate of drug-likeness (QED) is 0.737. The van der Waals surface area contributed by atoms with E-state index in [1.807, 2.05) is 13.8 Å². The highest BCUT2D eigenvalue weighted by molar-refractivity contribution is 5.11. The molecule has 1 unspecified atom stereocenters. The minimum atomic E-state index is -0.723. The molecule has 1 aliphatic carbocycles. The van der Waals surface area contributed by atoms with Gasteiger partial charge in [0.25, 0.3) is 0 Å². The smallest absolute Gasteiger partial charge is 0.352 e. The number of rotatable bonds is 2. The van der Waals surface area contributed by atoms with E-state index in [-0.39, 0.29) is 36.7 Å². The summed E-state index contributed by atoms with van der Waals surface area (Å²) in [5, 5.41) is 9.49. The molecule has 0 bridgehead atoms. The molecule has 2 aliphatic rings. The van der Waals surface area contributed by atoms with Gasteiger partial charge in [0.1, 0.15) is 12.4 Å². The topological polar surface area (TPSA) is 112 Å². The fourth-order valence-corrected chi connectivity index (χ4v) is 3.09. The molecule has 3 rings (SSSR count). The summed E-state index contributed by atoms with van der Waals surface area (Å²) in [4.78, 5) is 19.4. The molecule has 20 heavy (non-hydrogen) atoms. The lowest BCUT2D eigenvalue weighted by Crippen LogP contribution is -2.35. The Bertz CT molecular complexity index is 573. The van der Waals surface area contributed by atoms with E-state index in [9.17, 15) is 9.90 Å². The zero-order valence-corrected chi connectivity index (χ0v) is 11.4. The van der Waals surface area contributed by atoms with Gasteiger partial charge in [-0.3, -0.25) is 4.57 Å². The van der Waals surface area contributed by atoms with Crippen LogP contribution in [-0.4, -0.2) is 44.2 Å². The predicted molar refractivity (Wildman–Crippen MR) is 68.8 cm³/mol.